The van der Waals surface area contributed by atoms with Gasteiger partial charge in [-0.2, -0.15) is 0 Å². The van der Waals surface area contributed by atoms with Gasteiger partial charge >= 0.3 is 0 Å². The first kappa shape index (κ1) is 17.8. The summed E-state index contributed by atoms with van der Waals surface area (Å²) in [4.78, 5) is 16.0. The van der Waals surface area contributed by atoms with Gasteiger partial charge in [0.1, 0.15) is 0 Å². The highest BCUT2D eigenvalue weighted by Crippen LogP contribution is 2.15. The minimum atomic E-state index is -0.235. The molecule has 0 heterocycles. The van der Waals surface area contributed by atoms with Gasteiger partial charge in [-0.05, 0) is 43.2 Å². The van der Waals surface area contributed by atoms with E-state index in [0.29, 0.717) is 12.5 Å². The molecule has 0 atom stereocenters. The summed E-state index contributed by atoms with van der Waals surface area (Å²) < 4.78 is 0. The van der Waals surface area contributed by atoms with Crippen LogP contribution < -0.4 is 16.0 Å². The first-order chi connectivity index (χ1) is 11.4. The van der Waals surface area contributed by atoms with Gasteiger partial charge in [-0.25, -0.2) is 0 Å². The second-order valence-corrected chi connectivity index (χ2v) is 6.76. The average molecular weight is 326 g/mol. The maximum atomic E-state index is 11.8. The number of rotatable bonds is 4. The maximum absolute atomic E-state index is 11.8. The molecule has 0 aliphatic rings. The fraction of sp³-hybridized carbons (Fsp3) is 0.368. The lowest BCUT2D eigenvalue weighted by Gasteiger charge is -2.21. The molecule has 0 spiro atoms. The molecule has 2 rings (SSSR count). The van der Waals surface area contributed by atoms with Crippen LogP contribution in [0.2, 0.25) is 0 Å². The molecule has 5 nitrogen and oxygen atoms in total. The van der Waals surface area contributed by atoms with E-state index in [0.717, 1.165) is 5.56 Å². The number of carbonyl (C=O) groups excluding carboxylic acids is 1. The molecule has 0 saturated heterocycles. The number of hydrogen-bond donors (Lipinski definition) is 3. The molecule has 0 saturated carbocycles. The Morgan fingerprint density at radius 2 is 1.75 bits per heavy atom. The number of fused-ring (bicyclic) bond motifs is 1. The molecule has 5 heteroatoms. The lowest BCUT2D eigenvalue weighted by molar-refractivity contribution is -0.121. The molecule has 0 fully saturated rings. The van der Waals surface area contributed by atoms with Crippen LogP contribution in [0.1, 0.15) is 26.3 Å². The zero-order valence-electron chi connectivity index (χ0n) is 14.8. The van der Waals surface area contributed by atoms with Crippen molar-refractivity contribution in [2.24, 2.45) is 4.99 Å². The molecular formula is C19H26N4O. The first-order valence-corrected chi connectivity index (χ1v) is 8.10. The predicted octanol–water partition coefficient (Wildman–Crippen LogP) is 2.42. The third kappa shape index (κ3) is 5.57. The van der Waals surface area contributed by atoms with E-state index in [4.69, 9.17) is 0 Å². The van der Waals surface area contributed by atoms with Gasteiger partial charge in [0, 0.05) is 19.1 Å². The van der Waals surface area contributed by atoms with Crippen molar-refractivity contribution in [3.63, 3.8) is 0 Å². The first-order valence-electron chi connectivity index (χ1n) is 8.10. The quantitative estimate of drug-likeness (QED) is 0.597. The van der Waals surface area contributed by atoms with Crippen molar-refractivity contribution in [1.82, 2.24) is 16.0 Å². The molecular weight excluding hydrogens is 300 g/mol. The van der Waals surface area contributed by atoms with E-state index in [1.54, 1.807) is 7.05 Å². The standard InChI is InChI=1S/C19H26N4O/c1-19(2,3)23-17(24)13-22-18(20-4)21-12-14-9-10-15-7-5-6-8-16(15)11-14/h5-11H,12-13H2,1-4H3,(H,23,24)(H2,20,21,22). The topological polar surface area (TPSA) is 65.5 Å². The van der Waals surface area contributed by atoms with E-state index in [2.05, 4.69) is 51.3 Å². The Labute approximate surface area is 143 Å². The van der Waals surface area contributed by atoms with Crippen molar-refractivity contribution in [1.29, 1.82) is 0 Å². The van der Waals surface area contributed by atoms with E-state index >= 15 is 0 Å². The van der Waals surface area contributed by atoms with Crippen LogP contribution in [-0.4, -0.2) is 31.0 Å². The van der Waals surface area contributed by atoms with Crippen molar-refractivity contribution >= 4 is 22.6 Å². The Morgan fingerprint density at radius 1 is 1.04 bits per heavy atom. The van der Waals surface area contributed by atoms with Crippen LogP contribution in [-0.2, 0) is 11.3 Å². The molecule has 0 unspecified atom stereocenters. The van der Waals surface area contributed by atoms with E-state index in [1.165, 1.54) is 10.8 Å². The van der Waals surface area contributed by atoms with Crippen molar-refractivity contribution in [2.75, 3.05) is 13.6 Å². The summed E-state index contributed by atoms with van der Waals surface area (Å²) in [7, 11) is 1.69. The van der Waals surface area contributed by atoms with Crippen LogP contribution in [0.4, 0.5) is 0 Å². The van der Waals surface area contributed by atoms with Crippen LogP contribution in [0.5, 0.6) is 0 Å². The molecule has 0 aliphatic carbocycles. The van der Waals surface area contributed by atoms with E-state index in [1.807, 2.05) is 32.9 Å². The van der Waals surface area contributed by atoms with Crippen molar-refractivity contribution < 1.29 is 4.79 Å². The SMILES string of the molecule is CN=C(NCC(=O)NC(C)(C)C)NCc1ccc2ccccc2c1. The largest absolute Gasteiger partial charge is 0.352 e. The normalized spacial score (nSPS) is 12.1. The van der Waals surface area contributed by atoms with Gasteiger partial charge in [0.25, 0.3) is 0 Å². The fourth-order valence-corrected chi connectivity index (χ4v) is 2.38. The van der Waals surface area contributed by atoms with Gasteiger partial charge in [0.2, 0.25) is 5.91 Å². The van der Waals surface area contributed by atoms with Crippen LogP contribution in [0.3, 0.4) is 0 Å². The Kier molecular flexibility index (Phi) is 5.79. The van der Waals surface area contributed by atoms with Crippen molar-refractivity contribution in [2.45, 2.75) is 32.9 Å². The molecule has 0 bridgehead atoms. The van der Waals surface area contributed by atoms with Crippen LogP contribution in [0.25, 0.3) is 10.8 Å². The smallest absolute Gasteiger partial charge is 0.239 e. The third-order valence-electron chi connectivity index (χ3n) is 3.43. The second-order valence-electron chi connectivity index (χ2n) is 6.76. The molecule has 0 radical (unpaired) electrons. The molecule has 0 aromatic heterocycles. The summed E-state index contributed by atoms with van der Waals surface area (Å²) in [6.45, 7) is 6.70. The van der Waals surface area contributed by atoms with Crippen molar-refractivity contribution in [3.05, 3.63) is 48.0 Å². The molecule has 1 amide bonds. The van der Waals surface area contributed by atoms with Gasteiger partial charge in [-0.1, -0.05) is 36.4 Å². The van der Waals surface area contributed by atoms with Gasteiger partial charge in [0.15, 0.2) is 5.96 Å². The number of nitrogens with one attached hydrogen (secondary N) is 3. The second kappa shape index (κ2) is 7.81. The Hall–Kier alpha value is -2.56. The van der Waals surface area contributed by atoms with Crippen LogP contribution in [0, 0.1) is 0 Å². The lowest BCUT2D eigenvalue weighted by atomic mass is 10.1. The van der Waals surface area contributed by atoms with Crippen molar-refractivity contribution in [3.8, 4) is 0 Å². The van der Waals surface area contributed by atoms with E-state index < -0.39 is 0 Å². The summed E-state index contributed by atoms with van der Waals surface area (Å²) in [6.07, 6.45) is 0. The average Bonchev–Trinajstić information content (AvgIpc) is 2.53. The summed E-state index contributed by atoms with van der Waals surface area (Å²) in [5.74, 6) is 0.545. The van der Waals surface area contributed by atoms with Gasteiger partial charge in [-0.3, -0.25) is 9.79 Å². The monoisotopic (exact) mass is 326 g/mol. The van der Waals surface area contributed by atoms with Crippen LogP contribution >= 0.6 is 0 Å². The van der Waals surface area contributed by atoms with Gasteiger partial charge < -0.3 is 16.0 Å². The summed E-state index contributed by atoms with van der Waals surface area (Å²) in [6, 6.07) is 14.6. The number of benzene rings is 2. The number of carbonyl (C=O) groups is 1. The summed E-state index contributed by atoms with van der Waals surface area (Å²) >= 11 is 0. The predicted molar refractivity (Wildman–Crippen MR) is 100 cm³/mol. The zero-order valence-corrected chi connectivity index (χ0v) is 14.8. The Morgan fingerprint density at radius 3 is 2.42 bits per heavy atom. The van der Waals surface area contributed by atoms with Crippen LogP contribution in [0.15, 0.2) is 47.5 Å². The fourth-order valence-electron chi connectivity index (χ4n) is 2.38. The zero-order chi connectivity index (χ0) is 17.6. The Balaban J connectivity index is 1.87. The third-order valence-corrected chi connectivity index (χ3v) is 3.43. The number of amides is 1. The number of hydrogen-bond acceptors (Lipinski definition) is 2. The lowest BCUT2D eigenvalue weighted by Crippen LogP contribution is -2.48. The highest BCUT2D eigenvalue weighted by Gasteiger charge is 2.13. The molecule has 2 aromatic carbocycles. The summed E-state index contributed by atoms with van der Waals surface area (Å²) in [5.41, 5.74) is 0.927. The molecule has 24 heavy (non-hydrogen) atoms. The minimum Gasteiger partial charge on any atom is -0.352 e. The molecule has 0 aliphatic heterocycles. The van der Waals surface area contributed by atoms with Gasteiger partial charge in [0.05, 0.1) is 6.54 Å². The highest BCUT2D eigenvalue weighted by molar-refractivity contribution is 5.87. The Bertz CT molecular complexity index is 731. The highest BCUT2D eigenvalue weighted by atomic mass is 16.2. The van der Waals surface area contributed by atoms with Gasteiger partial charge in [-0.15, -0.1) is 0 Å². The maximum Gasteiger partial charge on any atom is 0.239 e. The molecule has 128 valence electrons. The molecule has 3 N–H and O–H groups in total. The summed E-state index contributed by atoms with van der Waals surface area (Å²) in [5, 5.41) is 11.6. The number of guanidine groups is 1. The number of aliphatic imine (C=N–C) groups is 1. The number of nitrogens with zero attached hydrogens (tertiary/aromatic N) is 1. The molecule has 2 aromatic rings. The minimum absolute atomic E-state index is 0.0591. The van der Waals surface area contributed by atoms with E-state index in [9.17, 15) is 4.79 Å². The van der Waals surface area contributed by atoms with E-state index in [-0.39, 0.29) is 18.0 Å².